The topological polar surface area (TPSA) is 35.5 Å². The second-order valence-electron chi connectivity index (χ2n) is 6.98. The molecule has 132 valence electrons. The minimum atomic E-state index is -0.346. The molecule has 3 heteroatoms. The van der Waals surface area contributed by atoms with Gasteiger partial charge >= 0.3 is 5.97 Å². The maximum atomic E-state index is 12.3. The van der Waals surface area contributed by atoms with Gasteiger partial charge in [0.05, 0.1) is 11.7 Å². The van der Waals surface area contributed by atoms with Crippen molar-refractivity contribution >= 4 is 5.97 Å². The van der Waals surface area contributed by atoms with E-state index in [1.54, 1.807) is 24.3 Å². The number of benzene rings is 2. The predicted octanol–water partition coefficient (Wildman–Crippen LogP) is 5.74. The summed E-state index contributed by atoms with van der Waals surface area (Å²) in [6.45, 7) is 3.94. The Kier molecular flexibility index (Phi) is 5.75. The van der Waals surface area contributed by atoms with Crippen LogP contribution < -0.4 is 9.47 Å². The van der Waals surface area contributed by atoms with Crippen molar-refractivity contribution in [3.63, 3.8) is 0 Å². The Morgan fingerprint density at radius 2 is 1.48 bits per heavy atom. The highest BCUT2D eigenvalue weighted by Crippen LogP contribution is 2.33. The average Bonchev–Trinajstić information content (AvgIpc) is 2.63. The number of rotatable bonds is 5. The second kappa shape index (κ2) is 8.19. The minimum Gasteiger partial charge on any atom is -0.491 e. The van der Waals surface area contributed by atoms with E-state index < -0.39 is 0 Å². The summed E-state index contributed by atoms with van der Waals surface area (Å²) in [5.74, 6) is 1.66. The van der Waals surface area contributed by atoms with E-state index in [0.717, 1.165) is 5.75 Å². The molecular formula is C22H26O3. The molecule has 1 fully saturated rings. The minimum absolute atomic E-state index is 0.112. The third-order valence-electron chi connectivity index (χ3n) is 4.63. The van der Waals surface area contributed by atoms with E-state index in [9.17, 15) is 4.79 Å². The van der Waals surface area contributed by atoms with Crippen LogP contribution in [0.5, 0.6) is 11.5 Å². The molecule has 0 N–H and O–H groups in total. The molecule has 0 unspecified atom stereocenters. The van der Waals surface area contributed by atoms with E-state index in [2.05, 4.69) is 12.1 Å². The third kappa shape index (κ3) is 4.85. The molecule has 0 radical (unpaired) electrons. The molecular weight excluding hydrogens is 312 g/mol. The summed E-state index contributed by atoms with van der Waals surface area (Å²) in [6.07, 6.45) is 6.64. The molecule has 1 saturated carbocycles. The van der Waals surface area contributed by atoms with Crippen molar-refractivity contribution in [1.29, 1.82) is 0 Å². The van der Waals surface area contributed by atoms with E-state index in [1.165, 1.54) is 37.7 Å². The van der Waals surface area contributed by atoms with E-state index in [0.29, 0.717) is 17.2 Å². The predicted molar refractivity (Wildman–Crippen MR) is 99.4 cm³/mol. The van der Waals surface area contributed by atoms with E-state index in [1.807, 2.05) is 26.0 Å². The summed E-state index contributed by atoms with van der Waals surface area (Å²) in [7, 11) is 0. The lowest BCUT2D eigenvalue weighted by Crippen LogP contribution is -2.09. The Morgan fingerprint density at radius 3 is 2.08 bits per heavy atom. The highest BCUT2D eigenvalue weighted by molar-refractivity contribution is 5.91. The molecule has 2 aromatic rings. The quantitative estimate of drug-likeness (QED) is 0.515. The Morgan fingerprint density at radius 1 is 0.880 bits per heavy atom. The lowest BCUT2D eigenvalue weighted by atomic mass is 9.84. The van der Waals surface area contributed by atoms with Crippen LogP contribution in [0.3, 0.4) is 0 Å². The molecule has 3 rings (SSSR count). The SMILES string of the molecule is CC(C)Oc1ccc(C(=O)Oc2ccc(C3CCCCC3)cc2)cc1. The Labute approximate surface area is 150 Å². The number of carbonyl (C=O) groups excluding carboxylic acids is 1. The van der Waals surface area contributed by atoms with Gasteiger partial charge in [-0.25, -0.2) is 4.79 Å². The molecule has 0 amide bonds. The van der Waals surface area contributed by atoms with Crippen LogP contribution in [0.4, 0.5) is 0 Å². The van der Waals surface area contributed by atoms with Gasteiger partial charge in [0.2, 0.25) is 0 Å². The smallest absolute Gasteiger partial charge is 0.343 e. The van der Waals surface area contributed by atoms with Gasteiger partial charge in [0.15, 0.2) is 0 Å². The molecule has 25 heavy (non-hydrogen) atoms. The number of ether oxygens (including phenoxy) is 2. The van der Waals surface area contributed by atoms with Crippen LogP contribution in [-0.4, -0.2) is 12.1 Å². The molecule has 0 bridgehead atoms. The van der Waals surface area contributed by atoms with Gasteiger partial charge in [-0.15, -0.1) is 0 Å². The molecule has 1 aliphatic carbocycles. The van der Waals surface area contributed by atoms with E-state index in [-0.39, 0.29) is 12.1 Å². The van der Waals surface area contributed by atoms with E-state index in [4.69, 9.17) is 9.47 Å². The molecule has 0 aromatic heterocycles. The summed E-state index contributed by atoms with van der Waals surface area (Å²) in [5.41, 5.74) is 1.88. The molecule has 0 spiro atoms. The van der Waals surface area contributed by atoms with Crippen LogP contribution in [0, 0.1) is 0 Å². The van der Waals surface area contributed by atoms with Crippen molar-refractivity contribution in [1.82, 2.24) is 0 Å². The fourth-order valence-corrected chi connectivity index (χ4v) is 3.35. The highest BCUT2D eigenvalue weighted by Gasteiger charge is 2.16. The first-order chi connectivity index (χ1) is 12.1. The van der Waals surface area contributed by atoms with Crippen LogP contribution in [0.25, 0.3) is 0 Å². The first-order valence-corrected chi connectivity index (χ1v) is 9.20. The lowest BCUT2D eigenvalue weighted by Gasteiger charge is -2.22. The fourth-order valence-electron chi connectivity index (χ4n) is 3.35. The monoisotopic (exact) mass is 338 g/mol. The van der Waals surface area contributed by atoms with Gasteiger partial charge < -0.3 is 9.47 Å². The molecule has 0 atom stereocenters. The Balaban J connectivity index is 1.60. The summed E-state index contributed by atoms with van der Waals surface area (Å²) in [6, 6.07) is 15.0. The molecule has 2 aromatic carbocycles. The van der Waals surface area contributed by atoms with Crippen molar-refractivity contribution in [3.8, 4) is 11.5 Å². The van der Waals surface area contributed by atoms with Gasteiger partial charge in [0.1, 0.15) is 11.5 Å². The molecule has 3 nitrogen and oxygen atoms in total. The second-order valence-corrected chi connectivity index (χ2v) is 6.98. The van der Waals surface area contributed by atoms with Gasteiger partial charge in [0.25, 0.3) is 0 Å². The van der Waals surface area contributed by atoms with Crippen LogP contribution >= 0.6 is 0 Å². The average molecular weight is 338 g/mol. The van der Waals surface area contributed by atoms with Crippen molar-refractivity contribution in [2.24, 2.45) is 0 Å². The van der Waals surface area contributed by atoms with Crippen molar-refractivity contribution in [2.75, 3.05) is 0 Å². The van der Waals surface area contributed by atoms with Gasteiger partial charge in [-0.05, 0) is 74.6 Å². The first kappa shape index (κ1) is 17.5. The number of carbonyl (C=O) groups is 1. The van der Waals surface area contributed by atoms with Gasteiger partial charge in [-0.2, -0.15) is 0 Å². The van der Waals surface area contributed by atoms with Gasteiger partial charge in [0, 0.05) is 0 Å². The third-order valence-corrected chi connectivity index (χ3v) is 4.63. The largest absolute Gasteiger partial charge is 0.491 e. The number of hydrogen-bond acceptors (Lipinski definition) is 3. The maximum Gasteiger partial charge on any atom is 0.343 e. The Bertz CT molecular complexity index is 680. The summed E-state index contributed by atoms with van der Waals surface area (Å²) >= 11 is 0. The first-order valence-electron chi connectivity index (χ1n) is 9.20. The maximum absolute atomic E-state index is 12.3. The molecule has 0 saturated heterocycles. The van der Waals surface area contributed by atoms with Crippen LogP contribution in [0.15, 0.2) is 48.5 Å². The Hall–Kier alpha value is -2.29. The van der Waals surface area contributed by atoms with E-state index >= 15 is 0 Å². The zero-order valence-electron chi connectivity index (χ0n) is 15.0. The zero-order chi connectivity index (χ0) is 17.6. The number of hydrogen-bond donors (Lipinski definition) is 0. The van der Waals surface area contributed by atoms with Gasteiger partial charge in [-0.3, -0.25) is 0 Å². The zero-order valence-corrected chi connectivity index (χ0v) is 15.0. The summed E-state index contributed by atoms with van der Waals surface area (Å²) < 4.78 is 11.1. The highest BCUT2D eigenvalue weighted by atomic mass is 16.5. The number of esters is 1. The van der Waals surface area contributed by atoms with Crippen molar-refractivity contribution in [2.45, 2.75) is 58.0 Å². The molecule has 0 aliphatic heterocycles. The van der Waals surface area contributed by atoms with Crippen molar-refractivity contribution in [3.05, 3.63) is 59.7 Å². The summed E-state index contributed by atoms with van der Waals surface area (Å²) in [5, 5.41) is 0. The van der Waals surface area contributed by atoms with Crippen LogP contribution in [0.1, 0.15) is 67.8 Å². The van der Waals surface area contributed by atoms with Gasteiger partial charge in [-0.1, -0.05) is 31.4 Å². The fraction of sp³-hybridized carbons (Fsp3) is 0.409. The lowest BCUT2D eigenvalue weighted by molar-refractivity contribution is 0.0734. The van der Waals surface area contributed by atoms with Crippen LogP contribution in [0.2, 0.25) is 0 Å². The molecule has 1 aliphatic rings. The normalized spacial score (nSPS) is 15.2. The summed E-state index contributed by atoms with van der Waals surface area (Å²) in [4.78, 5) is 12.3. The molecule has 0 heterocycles. The standard InChI is InChI=1S/C22H26O3/c1-16(2)24-20-14-10-19(11-15-20)22(23)25-21-12-8-18(9-13-21)17-6-4-3-5-7-17/h8-17H,3-7H2,1-2H3. The van der Waals surface area contributed by atoms with Crippen molar-refractivity contribution < 1.29 is 14.3 Å². The van der Waals surface area contributed by atoms with Crippen LogP contribution in [-0.2, 0) is 0 Å².